The first-order chi connectivity index (χ1) is 12.8. The number of rotatable bonds is 2. The van der Waals surface area contributed by atoms with Gasteiger partial charge in [-0.15, -0.1) is 0 Å². The highest BCUT2D eigenvalue weighted by atomic mass is 19.1. The van der Waals surface area contributed by atoms with Crippen LogP contribution in [-0.2, 0) is 14.0 Å². The molecule has 0 bridgehead atoms. The van der Waals surface area contributed by atoms with Crippen LogP contribution in [-0.4, -0.2) is 53.0 Å². The maximum atomic E-state index is 14.8. The van der Waals surface area contributed by atoms with Gasteiger partial charge in [-0.25, -0.2) is 9.18 Å². The molecule has 0 spiro atoms. The normalized spacial score (nSPS) is 23.9. The molecule has 1 atom stereocenters. The molecule has 1 unspecified atom stereocenters. The van der Waals surface area contributed by atoms with Gasteiger partial charge in [-0.1, -0.05) is 0 Å². The molecule has 1 amide bonds. The van der Waals surface area contributed by atoms with E-state index in [1.54, 1.807) is 4.90 Å². The van der Waals surface area contributed by atoms with Gasteiger partial charge in [-0.2, -0.15) is 0 Å². The van der Waals surface area contributed by atoms with Crippen LogP contribution in [0.25, 0.3) is 0 Å². The Morgan fingerprint density at radius 3 is 2.43 bits per heavy atom. The number of aromatic nitrogens is 1. The molecular weight excluding hydrogens is 362 g/mol. The van der Waals surface area contributed by atoms with Gasteiger partial charge in [0.15, 0.2) is 0 Å². The number of hydrogen-bond acceptors (Lipinski definition) is 5. The summed E-state index contributed by atoms with van der Waals surface area (Å²) in [6.07, 6.45) is 1.87. The van der Waals surface area contributed by atoms with Gasteiger partial charge in [-0.05, 0) is 61.0 Å². The zero-order valence-corrected chi connectivity index (χ0v) is 17.8. The molecule has 2 aliphatic rings. The van der Waals surface area contributed by atoms with Crippen molar-refractivity contribution >= 4 is 18.7 Å². The highest BCUT2D eigenvalue weighted by Gasteiger charge is 2.52. The largest absolute Gasteiger partial charge is 0.499 e. The second-order valence-electron chi connectivity index (χ2n) is 9.63. The molecule has 0 aromatic carbocycles. The molecule has 3 heterocycles. The predicted octanol–water partition coefficient (Wildman–Crippen LogP) is 3.24. The topological polar surface area (TPSA) is 60.9 Å². The number of carbonyl (C=O) groups is 1. The third-order valence-electron chi connectivity index (χ3n) is 5.67. The number of halogens is 1. The summed E-state index contributed by atoms with van der Waals surface area (Å²) in [4.78, 5) is 18.3. The zero-order chi connectivity index (χ0) is 20.9. The minimum absolute atomic E-state index is 0.0191. The highest BCUT2D eigenvalue weighted by molar-refractivity contribution is 6.62. The molecule has 154 valence electrons. The summed E-state index contributed by atoms with van der Waals surface area (Å²) in [5.41, 5.74) is -0.692. The van der Waals surface area contributed by atoms with E-state index >= 15 is 0 Å². The van der Waals surface area contributed by atoms with Gasteiger partial charge in [0.1, 0.15) is 11.4 Å². The third-order valence-corrected chi connectivity index (χ3v) is 5.67. The Kier molecular flexibility index (Phi) is 5.25. The predicted molar refractivity (Wildman–Crippen MR) is 105 cm³/mol. The lowest BCUT2D eigenvalue weighted by molar-refractivity contribution is 0.00578. The molecule has 28 heavy (non-hydrogen) atoms. The summed E-state index contributed by atoms with van der Waals surface area (Å²) < 4.78 is 32.1. The van der Waals surface area contributed by atoms with Crippen molar-refractivity contribution in [1.82, 2.24) is 9.88 Å². The molecule has 8 heteroatoms. The maximum absolute atomic E-state index is 14.8. The Morgan fingerprint density at radius 1 is 1.29 bits per heavy atom. The van der Waals surface area contributed by atoms with Crippen LogP contribution in [0.3, 0.4) is 0 Å². The molecule has 3 rings (SSSR count). The van der Waals surface area contributed by atoms with Gasteiger partial charge < -0.3 is 18.9 Å². The first kappa shape index (κ1) is 21.1. The Hall–Kier alpha value is -1.67. The Bertz CT molecular complexity index is 747. The van der Waals surface area contributed by atoms with Crippen molar-refractivity contribution in [3.63, 3.8) is 0 Å². The fourth-order valence-corrected chi connectivity index (χ4v) is 3.32. The van der Waals surface area contributed by atoms with Crippen molar-refractivity contribution in [3.05, 3.63) is 23.8 Å². The fourth-order valence-electron chi connectivity index (χ4n) is 3.32. The van der Waals surface area contributed by atoms with Crippen LogP contribution in [0.1, 0.15) is 66.5 Å². The van der Waals surface area contributed by atoms with Crippen LogP contribution in [0.2, 0.25) is 0 Å². The van der Waals surface area contributed by atoms with E-state index in [4.69, 9.17) is 14.0 Å². The van der Waals surface area contributed by atoms with E-state index in [-0.39, 0.29) is 12.0 Å². The van der Waals surface area contributed by atoms with E-state index in [0.717, 1.165) is 6.42 Å². The fraction of sp³-hybridized carbons (Fsp3) is 0.700. The molecule has 0 N–H and O–H groups in total. The molecule has 0 radical (unpaired) electrons. The van der Waals surface area contributed by atoms with Crippen molar-refractivity contribution < 1.29 is 23.2 Å². The number of amides is 1. The number of ether oxygens (including phenoxy) is 1. The Balaban J connectivity index is 1.70. The lowest BCUT2D eigenvalue weighted by atomic mass is 9.79. The van der Waals surface area contributed by atoms with Gasteiger partial charge in [-0.3, -0.25) is 4.98 Å². The molecular formula is C20H30BFN2O4. The van der Waals surface area contributed by atoms with Crippen molar-refractivity contribution in [2.75, 3.05) is 13.1 Å². The van der Waals surface area contributed by atoms with E-state index in [1.807, 2.05) is 48.5 Å². The first-order valence-electron chi connectivity index (χ1n) is 9.78. The van der Waals surface area contributed by atoms with E-state index in [1.165, 1.54) is 12.3 Å². The summed E-state index contributed by atoms with van der Waals surface area (Å²) in [5.74, 6) is -0.423. The SMILES string of the molecule is CC(C)(C)OC(=O)N1CCC(c2cc(F)c(B3OC(C)(C)C(C)(C)O3)cn2)C1. The summed E-state index contributed by atoms with van der Waals surface area (Å²) in [7, 11) is -0.784. The average molecular weight is 392 g/mol. The van der Waals surface area contributed by atoms with Gasteiger partial charge >= 0.3 is 13.2 Å². The third kappa shape index (κ3) is 4.18. The molecule has 2 aliphatic heterocycles. The number of nitrogens with zero attached hydrogens (tertiary/aromatic N) is 2. The lowest BCUT2D eigenvalue weighted by Crippen LogP contribution is -2.41. The van der Waals surface area contributed by atoms with Gasteiger partial charge in [0.2, 0.25) is 0 Å². The standard InChI is InChI=1S/C20H30BFN2O4/c1-18(2,3)26-17(25)24-9-8-13(12-24)16-10-15(22)14(11-23-16)21-27-19(4,5)20(6,7)28-21/h10-11,13H,8-9,12H2,1-7H3. The van der Waals surface area contributed by atoms with Crippen LogP contribution < -0.4 is 5.46 Å². The summed E-state index contributed by atoms with van der Waals surface area (Å²) in [6.45, 7) is 14.3. The van der Waals surface area contributed by atoms with Crippen molar-refractivity contribution in [1.29, 1.82) is 0 Å². The Morgan fingerprint density at radius 2 is 1.89 bits per heavy atom. The average Bonchev–Trinajstić information content (AvgIpc) is 3.09. The van der Waals surface area contributed by atoms with E-state index in [0.29, 0.717) is 24.2 Å². The number of hydrogen-bond donors (Lipinski definition) is 0. The number of carbonyl (C=O) groups excluding carboxylic acids is 1. The van der Waals surface area contributed by atoms with Crippen LogP contribution in [0, 0.1) is 5.82 Å². The van der Waals surface area contributed by atoms with Gasteiger partial charge in [0, 0.05) is 36.4 Å². The summed E-state index contributed by atoms with van der Waals surface area (Å²) >= 11 is 0. The zero-order valence-electron chi connectivity index (χ0n) is 17.8. The molecule has 0 aliphatic carbocycles. The first-order valence-corrected chi connectivity index (χ1v) is 9.78. The van der Waals surface area contributed by atoms with Crippen LogP contribution in [0.5, 0.6) is 0 Å². The second-order valence-corrected chi connectivity index (χ2v) is 9.63. The van der Waals surface area contributed by atoms with E-state index in [2.05, 4.69) is 4.98 Å². The molecule has 2 saturated heterocycles. The molecule has 1 aromatic heterocycles. The minimum atomic E-state index is -0.784. The number of pyridine rings is 1. The maximum Gasteiger partial charge on any atom is 0.499 e. The smallest absolute Gasteiger partial charge is 0.444 e. The second kappa shape index (κ2) is 6.99. The van der Waals surface area contributed by atoms with Crippen molar-refractivity contribution in [3.8, 4) is 0 Å². The van der Waals surface area contributed by atoms with Crippen LogP contribution in [0.15, 0.2) is 12.3 Å². The van der Waals surface area contributed by atoms with Crippen molar-refractivity contribution in [2.24, 2.45) is 0 Å². The van der Waals surface area contributed by atoms with E-state index < -0.39 is 29.7 Å². The Labute approximate surface area is 166 Å². The molecule has 0 saturated carbocycles. The van der Waals surface area contributed by atoms with Crippen molar-refractivity contribution in [2.45, 2.75) is 77.6 Å². The van der Waals surface area contributed by atoms with Crippen LogP contribution in [0.4, 0.5) is 9.18 Å². The molecule has 2 fully saturated rings. The summed E-state index contributed by atoms with van der Waals surface area (Å²) in [5, 5.41) is 0. The quantitative estimate of drug-likeness (QED) is 0.724. The molecule has 1 aromatic rings. The van der Waals surface area contributed by atoms with Gasteiger partial charge in [0.05, 0.1) is 11.2 Å². The van der Waals surface area contributed by atoms with Gasteiger partial charge in [0.25, 0.3) is 0 Å². The highest BCUT2D eigenvalue weighted by Crippen LogP contribution is 2.36. The van der Waals surface area contributed by atoms with E-state index in [9.17, 15) is 9.18 Å². The molecule has 6 nitrogen and oxygen atoms in total. The monoisotopic (exact) mass is 392 g/mol. The van der Waals surface area contributed by atoms with Crippen LogP contribution >= 0.6 is 0 Å². The summed E-state index contributed by atoms with van der Waals surface area (Å²) in [6, 6.07) is 1.43. The minimum Gasteiger partial charge on any atom is -0.444 e. The number of likely N-dealkylation sites (tertiary alicyclic amines) is 1. The lowest BCUT2D eigenvalue weighted by Gasteiger charge is -2.32.